The van der Waals surface area contributed by atoms with Gasteiger partial charge in [-0.05, 0) is 69.8 Å². The Balaban J connectivity index is 1.30. The highest BCUT2D eigenvalue weighted by Gasteiger charge is 2.92. The number of hydrogen-bond acceptors (Lipinski definition) is 11. The molecular weight excluding hydrogens is 632 g/mol. The number of esters is 2. The summed E-state index contributed by atoms with van der Waals surface area (Å²) in [5.41, 5.74) is -4.33. The number of epoxide rings is 1. The first-order chi connectivity index (χ1) is 23.3. The van der Waals surface area contributed by atoms with Gasteiger partial charge in [0.25, 0.3) is 0 Å². The van der Waals surface area contributed by atoms with Crippen molar-refractivity contribution in [2.45, 2.75) is 140 Å². The van der Waals surface area contributed by atoms with E-state index in [1.54, 1.807) is 6.26 Å². The van der Waals surface area contributed by atoms with Gasteiger partial charge in [-0.3, -0.25) is 9.59 Å². The molecule has 0 amide bonds. The predicted molar refractivity (Wildman–Crippen MR) is 172 cm³/mol. The fraction of sp³-hybridized carbons (Fsp3) is 0.816. The summed E-state index contributed by atoms with van der Waals surface area (Å²) in [5.74, 6) is -1.97. The van der Waals surface area contributed by atoms with Crippen LogP contribution in [-0.4, -0.2) is 81.9 Å². The molecule has 5 heterocycles. The van der Waals surface area contributed by atoms with Gasteiger partial charge in [0.1, 0.15) is 30.2 Å². The summed E-state index contributed by atoms with van der Waals surface area (Å²) in [4.78, 5) is 42.0. The van der Waals surface area contributed by atoms with E-state index in [1.807, 2.05) is 26.8 Å². The van der Waals surface area contributed by atoms with Crippen molar-refractivity contribution in [1.82, 2.24) is 0 Å². The number of hydrogen-bond donors (Lipinski definition) is 3. The number of furan rings is 1. The molecule has 3 N–H and O–H groups in total. The van der Waals surface area contributed by atoms with Crippen molar-refractivity contribution in [3.63, 3.8) is 0 Å². The molecule has 12 atom stereocenters. The van der Waals surface area contributed by atoms with Crippen LogP contribution in [0.5, 0.6) is 0 Å². The van der Waals surface area contributed by atoms with Crippen molar-refractivity contribution in [3.8, 4) is 0 Å². The fourth-order valence-corrected chi connectivity index (χ4v) is 13.0. The van der Waals surface area contributed by atoms with Gasteiger partial charge in [0.2, 0.25) is 0 Å². The number of carbonyl (C=O) groups is 3. The standard InChI is InChI=1S/C38H52O11/c1-5-9-20(23(40)18-39)16-24-22(13-15-45-24)31-35(4)14-12-25-36-19-46-27(41)17-26(36)48-34(2,3)29(36)28(42)30(43)37(25,21-10-7-6-8-11-21)38(35)32(49-38)33(44)47-31/h13,15,20-21,23,25-26,29-32,39-40,43H,5-12,14,16-19H2,1-4H3. The molecule has 3 saturated carbocycles. The van der Waals surface area contributed by atoms with Gasteiger partial charge in [-0.1, -0.05) is 39.5 Å². The van der Waals surface area contributed by atoms with E-state index in [4.69, 9.17) is 23.4 Å². The van der Waals surface area contributed by atoms with Crippen molar-refractivity contribution in [3.05, 3.63) is 23.7 Å². The predicted octanol–water partition coefficient (Wildman–Crippen LogP) is 3.98. The second-order valence-corrected chi connectivity index (χ2v) is 17.1. The summed E-state index contributed by atoms with van der Waals surface area (Å²) in [6.45, 7) is 7.54. The fourth-order valence-electron chi connectivity index (χ4n) is 13.0. The zero-order valence-electron chi connectivity index (χ0n) is 29.2. The van der Waals surface area contributed by atoms with Gasteiger partial charge in [-0.15, -0.1) is 0 Å². The highest BCUT2D eigenvalue weighted by Crippen LogP contribution is 2.82. The third kappa shape index (κ3) is 4.17. The maximum absolute atomic E-state index is 15.0. The summed E-state index contributed by atoms with van der Waals surface area (Å²) >= 11 is 0. The molecule has 11 nitrogen and oxygen atoms in total. The van der Waals surface area contributed by atoms with Crippen LogP contribution in [0.4, 0.5) is 0 Å². The topological polar surface area (TPSA) is 165 Å². The molecule has 49 heavy (non-hydrogen) atoms. The lowest BCUT2D eigenvalue weighted by Gasteiger charge is -2.70. The third-order valence-corrected chi connectivity index (χ3v) is 14.6. The minimum Gasteiger partial charge on any atom is -0.469 e. The summed E-state index contributed by atoms with van der Waals surface area (Å²) in [7, 11) is 0. The molecular formula is C38H52O11. The van der Waals surface area contributed by atoms with Gasteiger partial charge < -0.3 is 38.7 Å². The normalized spacial score (nSPS) is 45.2. The van der Waals surface area contributed by atoms with Crippen LogP contribution < -0.4 is 0 Å². The van der Waals surface area contributed by atoms with Crippen LogP contribution >= 0.6 is 0 Å². The first kappa shape index (κ1) is 33.8. The number of Topliss-reactive ketones (excluding diaryl/α,β-unsaturated/α-hetero) is 1. The second-order valence-electron chi connectivity index (χ2n) is 17.1. The Morgan fingerprint density at radius 3 is 2.49 bits per heavy atom. The third-order valence-electron chi connectivity index (χ3n) is 14.6. The number of ketones is 1. The van der Waals surface area contributed by atoms with E-state index in [1.165, 1.54) is 0 Å². The van der Waals surface area contributed by atoms with E-state index in [-0.39, 0.29) is 49.1 Å². The highest BCUT2D eigenvalue weighted by atomic mass is 16.7. The number of ether oxygens (including phenoxy) is 4. The Morgan fingerprint density at radius 1 is 1.02 bits per heavy atom. The van der Waals surface area contributed by atoms with Gasteiger partial charge in [0, 0.05) is 28.2 Å². The van der Waals surface area contributed by atoms with Crippen molar-refractivity contribution in [2.24, 2.45) is 39.9 Å². The number of carbonyl (C=O) groups excluding carboxylic acids is 3. The Bertz CT molecular complexity index is 1510. The van der Waals surface area contributed by atoms with Crippen molar-refractivity contribution in [1.29, 1.82) is 0 Å². The van der Waals surface area contributed by atoms with Crippen LogP contribution in [0.2, 0.25) is 0 Å². The zero-order valence-corrected chi connectivity index (χ0v) is 29.2. The van der Waals surface area contributed by atoms with Crippen LogP contribution in [0.3, 0.4) is 0 Å². The van der Waals surface area contributed by atoms with E-state index in [9.17, 15) is 24.9 Å². The first-order valence-corrected chi connectivity index (χ1v) is 18.6. The average molecular weight is 685 g/mol. The summed E-state index contributed by atoms with van der Waals surface area (Å²) in [6, 6.07) is 1.82. The highest BCUT2D eigenvalue weighted by molar-refractivity contribution is 5.92. The van der Waals surface area contributed by atoms with E-state index in [2.05, 4.69) is 6.92 Å². The quantitative estimate of drug-likeness (QED) is 0.268. The largest absolute Gasteiger partial charge is 0.469 e. The molecule has 11 heteroatoms. The number of rotatable bonds is 8. The minimum absolute atomic E-state index is 0.0331. The first-order valence-electron chi connectivity index (χ1n) is 18.6. The smallest absolute Gasteiger partial charge is 0.339 e. The molecule has 8 rings (SSSR count). The van der Waals surface area contributed by atoms with Crippen LogP contribution in [0, 0.1) is 39.9 Å². The Kier molecular flexibility index (Phi) is 7.83. The molecule has 0 radical (unpaired) electrons. The molecule has 3 aliphatic carbocycles. The summed E-state index contributed by atoms with van der Waals surface area (Å²) in [6.07, 6.45) is 4.49. The maximum Gasteiger partial charge on any atom is 0.339 e. The van der Waals surface area contributed by atoms with Gasteiger partial charge >= 0.3 is 11.9 Å². The molecule has 4 aliphatic heterocycles. The van der Waals surface area contributed by atoms with Gasteiger partial charge in [-0.2, -0.15) is 0 Å². The number of aliphatic hydroxyl groups is 3. The Hall–Kier alpha value is -2.31. The molecule has 270 valence electrons. The van der Waals surface area contributed by atoms with Crippen LogP contribution in [0.25, 0.3) is 0 Å². The van der Waals surface area contributed by atoms with Crippen molar-refractivity contribution < 1.29 is 53.1 Å². The van der Waals surface area contributed by atoms with Gasteiger partial charge in [-0.25, -0.2) is 4.79 Å². The molecule has 1 aromatic heterocycles. The van der Waals surface area contributed by atoms with Crippen LogP contribution in [0.1, 0.15) is 109 Å². The number of cyclic esters (lactones) is 2. The monoisotopic (exact) mass is 684 g/mol. The Labute approximate surface area is 287 Å². The zero-order chi connectivity index (χ0) is 34.7. The maximum atomic E-state index is 15.0. The van der Waals surface area contributed by atoms with E-state index < -0.39 is 69.9 Å². The van der Waals surface area contributed by atoms with Crippen LogP contribution in [-0.2, 0) is 39.8 Å². The molecule has 1 aromatic rings. The van der Waals surface area contributed by atoms with Crippen molar-refractivity contribution >= 4 is 17.7 Å². The number of fused-ring (bicyclic) bond motifs is 1. The SMILES string of the molecule is CCCC(Cc1occc1C1OC(=O)C2OC23C1(C)CCC1C24COC(=O)CC2OC(C)(C)C4C(=O)C(O)C13C1CCCCC1)C(O)CO. The lowest BCUT2D eigenvalue weighted by atomic mass is 9.33. The van der Waals surface area contributed by atoms with Gasteiger partial charge in [0.05, 0.1) is 43.0 Å². The lowest BCUT2D eigenvalue weighted by Crippen LogP contribution is -2.79. The van der Waals surface area contributed by atoms with E-state index >= 15 is 4.79 Å². The van der Waals surface area contributed by atoms with Crippen LogP contribution in [0.15, 0.2) is 16.7 Å². The average Bonchev–Trinajstić information content (AvgIpc) is 3.61. The van der Waals surface area contributed by atoms with E-state index in [0.717, 1.165) is 38.5 Å². The molecule has 2 spiro atoms. The van der Waals surface area contributed by atoms with Gasteiger partial charge in [0.15, 0.2) is 11.9 Å². The molecule has 0 aromatic carbocycles. The minimum atomic E-state index is -1.41. The molecule has 12 unspecified atom stereocenters. The summed E-state index contributed by atoms with van der Waals surface area (Å²) in [5, 5.41) is 33.3. The van der Waals surface area contributed by atoms with E-state index in [0.29, 0.717) is 37.0 Å². The Morgan fingerprint density at radius 2 is 1.78 bits per heavy atom. The number of aliphatic hydroxyl groups excluding tert-OH is 3. The second kappa shape index (κ2) is 11.3. The van der Waals surface area contributed by atoms with Crippen molar-refractivity contribution in [2.75, 3.05) is 13.2 Å². The molecule has 7 aliphatic rings. The molecule has 4 saturated heterocycles. The molecule has 0 bridgehead atoms. The molecule has 7 fully saturated rings. The lowest BCUT2D eigenvalue weighted by molar-refractivity contribution is -0.275. The summed E-state index contributed by atoms with van der Waals surface area (Å²) < 4.78 is 31.8.